The molecule has 0 aliphatic carbocycles. The molecule has 2 N–H and O–H groups in total. The summed E-state index contributed by atoms with van der Waals surface area (Å²) in [5.41, 5.74) is 0. The van der Waals surface area contributed by atoms with Gasteiger partial charge in [-0.05, 0) is 32.0 Å². The normalized spacial score (nSPS) is 12.2. The molecule has 0 heterocycles. The van der Waals surface area contributed by atoms with Crippen LogP contribution in [0.5, 0.6) is 0 Å². The summed E-state index contributed by atoms with van der Waals surface area (Å²) in [5, 5.41) is 7.31. The molecule has 2 nitrogen and oxygen atoms in total. The van der Waals surface area contributed by atoms with E-state index in [-0.39, 0.29) is 0 Å². The van der Waals surface area contributed by atoms with Gasteiger partial charge in [-0.15, -0.1) is 0 Å². The van der Waals surface area contributed by atoms with Gasteiger partial charge in [0, 0.05) is 12.6 Å². The van der Waals surface area contributed by atoms with Crippen molar-refractivity contribution in [3.63, 3.8) is 0 Å². The van der Waals surface area contributed by atoms with E-state index in [0.29, 0.717) is 6.04 Å². The first-order chi connectivity index (χ1) is 6.70. The highest BCUT2D eigenvalue weighted by Gasteiger charge is 2.02. The molecular formula is C11H24N2S. The molecule has 0 aliphatic rings. The van der Waals surface area contributed by atoms with Gasteiger partial charge in [-0.3, -0.25) is 0 Å². The molecule has 0 aromatic rings. The summed E-state index contributed by atoms with van der Waals surface area (Å²) in [6.07, 6.45) is 6.12. The molecule has 0 bridgehead atoms. The third-order valence-electron chi connectivity index (χ3n) is 2.18. The molecule has 1 unspecified atom stereocenters. The zero-order valence-corrected chi connectivity index (χ0v) is 10.5. The van der Waals surface area contributed by atoms with Crippen LogP contribution in [0, 0.1) is 0 Å². The van der Waals surface area contributed by atoms with Crippen LogP contribution in [-0.4, -0.2) is 17.7 Å². The number of hydrogen-bond donors (Lipinski definition) is 2. The Morgan fingerprint density at radius 2 is 1.86 bits per heavy atom. The lowest BCUT2D eigenvalue weighted by molar-refractivity contribution is 0.564. The van der Waals surface area contributed by atoms with E-state index in [0.717, 1.165) is 11.7 Å². The maximum Gasteiger partial charge on any atom is 0.166 e. The lowest BCUT2D eigenvalue weighted by Crippen LogP contribution is -2.40. The second kappa shape index (κ2) is 9.25. The van der Waals surface area contributed by atoms with Crippen molar-refractivity contribution in [2.24, 2.45) is 0 Å². The zero-order chi connectivity index (χ0) is 10.8. The van der Waals surface area contributed by atoms with Crippen molar-refractivity contribution >= 4 is 17.3 Å². The number of rotatable bonds is 7. The predicted molar refractivity (Wildman–Crippen MR) is 67.6 cm³/mol. The topological polar surface area (TPSA) is 24.1 Å². The average Bonchev–Trinajstić information content (AvgIpc) is 2.15. The smallest absolute Gasteiger partial charge is 0.166 e. The standard InChI is InChI=1S/C11H24N2S/c1-4-6-8-10(3)13-11(14)12-9-7-5-2/h10H,4-9H2,1-3H3,(H2,12,13,14). The average molecular weight is 216 g/mol. The molecule has 0 fully saturated rings. The van der Waals surface area contributed by atoms with Crippen LogP contribution in [0.1, 0.15) is 52.9 Å². The van der Waals surface area contributed by atoms with Gasteiger partial charge in [0.1, 0.15) is 0 Å². The summed E-state index contributed by atoms with van der Waals surface area (Å²) in [4.78, 5) is 0. The SMILES string of the molecule is CCCCNC(=S)NC(C)CCCC. The van der Waals surface area contributed by atoms with Crippen LogP contribution in [0.25, 0.3) is 0 Å². The monoisotopic (exact) mass is 216 g/mol. The van der Waals surface area contributed by atoms with Crippen molar-refractivity contribution in [1.82, 2.24) is 10.6 Å². The van der Waals surface area contributed by atoms with Gasteiger partial charge < -0.3 is 10.6 Å². The Morgan fingerprint density at radius 3 is 2.43 bits per heavy atom. The molecule has 0 aliphatic heterocycles. The number of hydrogen-bond acceptors (Lipinski definition) is 1. The van der Waals surface area contributed by atoms with Crippen LogP contribution < -0.4 is 10.6 Å². The Bertz CT molecular complexity index is 148. The van der Waals surface area contributed by atoms with Crippen molar-refractivity contribution in [3.05, 3.63) is 0 Å². The highest BCUT2D eigenvalue weighted by molar-refractivity contribution is 7.80. The second-order valence-corrected chi connectivity index (χ2v) is 4.21. The lowest BCUT2D eigenvalue weighted by atomic mass is 10.1. The van der Waals surface area contributed by atoms with E-state index >= 15 is 0 Å². The van der Waals surface area contributed by atoms with Crippen molar-refractivity contribution in [3.8, 4) is 0 Å². The van der Waals surface area contributed by atoms with Gasteiger partial charge in [0.25, 0.3) is 0 Å². The third kappa shape index (κ3) is 8.30. The third-order valence-corrected chi connectivity index (χ3v) is 2.45. The summed E-state index contributed by atoms with van der Waals surface area (Å²) in [7, 11) is 0. The summed E-state index contributed by atoms with van der Waals surface area (Å²) < 4.78 is 0. The number of thiocarbonyl (C=S) groups is 1. The Morgan fingerprint density at radius 1 is 1.21 bits per heavy atom. The van der Waals surface area contributed by atoms with Gasteiger partial charge in [-0.25, -0.2) is 0 Å². The van der Waals surface area contributed by atoms with Gasteiger partial charge in [0.2, 0.25) is 0 Å². The van der Waals surface area contributed by atoms with E-state index in [9.17, 15) is 0 Å². The van der Waals surface area contributed by atoms with E-state index in [2.05, 4.69) is 31.4 Å². The summed E-state index contributed by atoms with van der Waals surface area (Å²) in [6, 6.07) is 0.497. The fourth-order valence-electron chi connectivity index (χ4n) is 1.24. The van der Waals surface area contributed by atoms with Gasteiger partial charge in [0.15, 0.2) is 5.11 Å². The Kier molecular flexibility index (Phi) is 9.05. The van der Waals surface area contributed by atoms with Gasteiger partial charge >= 0.3 is 0 Å². The Hall–Kier alpha value is -0.310. The summed E-state index contributed by atoms with van der Waals surface area (Å²) in [6.45, 7) is 7.57. The molecule has 0 radical (unpaired) electrons. The van der Waals surface area contributed by atoms with E-state index in [1.54, 1.807) is 0 Å². The minimum atomic E-state index is 0.497. The van der Waals surface area contributed by atoms with Crippen LogP contribution in [0.2, 0.25) is 0 Å². The van der Waals surface area contributed by atoms with Crippen LogP contribution in [0.4, 0.5) is 0 Å². The van der Waals surface area contributed by atoms with Gasteiger partial charge in [-0.1, -0.05) is 33.1 Å². The number of nitrogens with one attached hydrogen (secondary N) is 2. The molecule has 0 saturated carbocycles. The van der Waals surface area contributed by atoms with Crippen molar-refractivity contribution in [2.75, 3.05) is 6.54 Å². The summed E-state index contributed by atoms with van der Waals surface area (Å²) >= 11 is 5.17. The maximum absolute atomic E-state index is 5.17. The van der Waals surface area contributed by atoms with Crippen molar-refractivity contribution < 1.29 is 0 Å². The number of unbranched alkanes of at least 4 members (excludes halogenated alkanes) is 2. The van der Waals surface area contributed by atoms with Crippen molar-refractivity contribution in [2.45, 2.75) is 58.9 Å². The first kappa shape index (κ1) is 13.7. The van der Waals surface area contributed by atoms with E-state index in [4.69, 9.17) is 12.2 Å². The highest BCUT2D eigenvalue weighted by Crippen LogP contribution is 1.98. The molecular weight excluding hydrogens is 192 g/mol. The highest BCUT2D eigenvalue weighted by atomic mass is 32.1. The zero-order valence-electron chi connectivity index (χ0n) is 9.73. The minimum absolute atomic E-state index is 0.497. The molecule has 0 spiro atoms. The first-order valence-electron chi connectivity index (χ1n) is 5.75. The molecule has 0 amide bonds. The Balaban J connectivity index is 3.40. The van der Waals surface area contributed by atoms with E-state index < -0.39 is 0 Å². The van der Waals surface area contributed by atoms with Gasteiger partial charge in [0.05, 0.1) is 0 Å². The molecule has 0 saturated heterocycles. The molecule has 14 heavy (non-hydrogen) atoms. The van der Waals surface area contributed by atoms with Crippen LogP contribution in [-0.2, 0) is 0 Å². The maximum atomic E-state index is 5.17. The van der Waals surface area contributed by atoms with E-state index in [1.807, 2.05) is 0 Å². The predicted octanol–water partition coefficient (Wildman–Crippen LogP) is 2.83. The molecule has 84 valence electrons. The van der Waals surface area contributed by atoms with Gasteiger partial charge in [-0.2, -0.15) is 0 Å². The Labute approximate surface area is 93.8 Å². The fourth-order valence-corrected chi connectivity index (χ4v) is 1.54. The largest absolute Gasteiger partial charge is 0.363 e. The lowest BCUT2D eigenvalue weighted by Gasteiger charge is -2.16. The molecule has 0 aromatic heterocycles. The molecule has 0 aromatic carbocycles. The first-order valence-corrected chi connectivity index (χ1v) is 6.15. The van der Waals surface area contributed by atoms with Crippen molar-refractivity contribution in [1.29, 1.82) is 0 Å². The minimum Gasteiger partial charge on any atom is -0.363 e. The van der Waals surface area contributed by atoms with Crippen LogP contribution >= 0.6 is 12.2 Å². The second-order valence-electron chi connectivity index (χ2n) is 3.80. The molecule has 3 heteroatoms. The molecule has 0 rings (SSSR count). The summed E-state index contributed by atoms with van der Waals surface area (Å²) in [5.74, 6) is 0. The van der Waals surface area contributed by atoms with Crippen LogP contribution in [0.15, 0.2) is 0 Å². The van der Waals surface area contributed by atoms with E-state index in [1.165, 1.54) is 32.1 Å². The quantitative estimate of drug-likeness (QED) is 0.505. The van der Waals surface area contributed by atoms with Crippen LogP contribution in [0.3, 0.4) is 0 Å². The molecule has 1 atom stereocenters. The fraction of sp³-hybridized carbons (Fsp3) is 0.909.